The largest absolute Gasteiger partial charge is 0.478 e. The van der Waals surface area contributed by atoms with Crippen LogP contribution in [0.1, 0.15) is 39.0 Å². The van der Waals surface area contributed by atoms with Gasteiger partial charge in [-0.25, -0.2) is 9.59 Å². The topological polar surface area (TPSA) is 89.1 Å². The molecule has 3 aromatic rings. The van der Waals surface area contributed by atoms with E-state index in [-0.39, 0.29) is 11.5 Å². The molecular formula is C22H19NO5. The summed E-state index contributed by atoms with van der Waals surface area (Å²) in [6.07, 6.45) is 1.59. The van der Waals surface area contributed by atoms with Crippen molar-refractivity contribution in [3.63, 3.8) is 0 Å². The van der Waals surface area contributed by atoms with Gasteiger partial charge in [0.25, 0.3) is 0 Å². The monoisotopic (exact) mass is 377 g/mol. The number of hydrogen-bond donors (Lipinski definition) is 1. The van der Waals surface area contributed by atoms with Crippen molar-refractivity contribution in [2.45, 2.75) is 13.8 Å². The molecule has 0 fully saturated rings. The minimum atomic E-state index is -0.962. The average molecular weight is 377 g/mol. The van der Waals surface area contributed by atoms with E-state index < -0.39 is 5.97 Å². The van der Waals surface area contributed by atoms with Crippen molar-refractivity contribution < 1.29 is 23.8 Å². The van der Waals surface area contributed by atoms with Gasteiger partial charge in [0, 0.05) is 5.56 Å². The Bertz CT molecular complexity index is 1030. The molecule has 0 atom stereocenters. The molecular weight excluding hydrogens is 358 g/mol. The third-order valence-corrected chi connectivity index (χ3v) is 4.08. The summed E-state index contributed by atoms with van der Waals surface area (Å²) in [4.78, 5) is 27.0. The van der Waals surface area contributed by atoms with Crippen molar-refractivity contribution in [2.75, 3.05) is 6.61 Å². The summed E-state index contributed by atoms with van der Waals surface area (Å²) >= 11 is 0. The van der Waals surface area contributed by atoms with Crippen LogP contribution >= 0.6 is 0 Å². The van der Waals surface area contributed by atoms with Crippen LogP contribution in [0.25, 0.3) is 11.3 Å². The molecule has 0 spiro atoms. The Labute approximate surface area is 162 Å². The maximum Gasteiger partial charge on any atom is 0.338 e. The van der Waals surface area contributed by atoms with Gasteiger partial charge in [-0.15, -0.1) is 0 Å². The quantitative estimate of drug-likeness (QED) is 0.488. The third-order valence-electron chi connectivity index (χ3n) is 4.08. The van der Waals surface area contributed by atoms with Gasteiger partial charge in [-0.2, -0.15) is 0 Å². The second-order valence-electron chi connectivity index (χ2n) is 6.06. The number of benzene rings is 2. The van der Waals surface area contributed by atoms with E-state index in [4.69, 9.17) is 14.3 Å². The van der Waals surface area contributed by atoms with E-state index in [1.807, 2.05) is 13.0 Å². The second-order valence-corrected chi connectivity index (χ2v) is 6.06. The molecule has 2 aromatic carbocycles. The summed E-state index contributed by atoms with van der Waals surface area (Å²) in [6, 6.07) is 15.3. The van der Waals surface area contributed by atoms with Gasteiger partial charge in [-0.1, -0.05) is 6.07 Å². The van der Waals surface area contributed by atoms with Gasteiger partial charge in [0.2, 0.25) is 0 Å². The molecule has 1 N–H and O–H groups in total. The number of hydrogen-bond acceptors (Lipinski definition) is 5. The Morgan fingerprint density at radius 1 is 1.07 bits per heavy atom. The fraction of sp³-hybridized carbons (Fsp3) is 0.136. The molecule has 28 heavy (non-hydrogen) atoms. The van der Waals surface area contributed by atoms with Crippen LogP contribution in [0.4, 0.5) is 5.69 Å². The van der Waals surface area contributed by atoms with E-state index >= 15 is 0 Å². The van der Waals surface area contributed by atoms with Gasteiger partial charge in [-0.05, 0) is 67.9 Å². The zero-order chi connectivity index (χ0) is 20.1. The van der Waals surface area contributed by atoms with Crippen LogP contribution in [0.2, 0.25) is 0 Å². The van der Waals surface area contributed by atoms with Gasteiger partial charge >= 0.3 is 11.9 Å². The van der Waals surface area contributed by atoms with E-state index in [0.717, 1.165) is 11.1 Å². The predicted octanol–water partition coefficient (Wildman–Crippen LogP) is 4.88. The van der Waals surface area contributed by atoms with Crippen LogP contribution in [0.5, 0.6) is 0 Å². The van der Waals surface area contributed by atoms with Crippen LogP contribution in [-0.2, 0) is 4.74 Å². The highest BCUT2D eigenvalue weighted by atomic mass is 16.5. The van der Waals surface area contributed by atoms with Crippen molar-refractivity contribution >= 4 is 23.8 Å². The number of rotatable bonds is 6. The zero-order valence-corrected chi connectivity index (χ0v) is 15.5. The van der Waals surface area contributed by atoms with Gasteiger partial charge in [-0.3, -0.25) is 4.99 Å². The lowest BCUT2D eigenvalue weighted by Gasteiger charge is -2.03. The summed E-state index contributed by atoms with van der Waals surface area (Å²) in [5.41, 5.74) is 3.02. The van der Waals surface area contributed by atoms with Crippen molar-refractivity contribution in [1.29, 1.82) is 0 Å². The van der Waals surface area contributed by atoms with Crippen molar-refractivity contribution in [3.05, 3.63) is 77.0 Å². The first kappa shape index (κ1) is 19.1. The minimum Gasteiger partial charge on any atom is -0.478 e. The summed E-state index contributed by atoms with van der Waals surface area (Å²) < 4.78 is 10.7. The number of carbonyl (C=O) groups is 2. The number of aliphatic imine (C=N–C) groups is 1. The van der Waals surface area contributed by atoms with E-state index in [0.29, 0.717) is 29.4 Å². The molecule has 0 saturated heterocycles. The van der Waals surface area contributed by atoms with Crippen molar-refractivity contribution in [1.82, 2.24) is 0 Å². The first-order valence-electron chi connectivity index (χ1n) is 8.73. The smallest absolute Gasteiger partial charge is 0.338 e. The van der Waals surface area contributed by atoms with Crippen molar-refractivity contribution in [3.8, 4) is 11.3 Å². The fourth-order valence-corrected chi connectivity index (χ4v) is 2.68. The molecule has 1 heterocycles. The standard InChI is InChI=1S/C22H19NO5/c1-3-27-22(26)15-4-7-17(8-5-15)23-13-18-9-11-20(28-18)19-10-6-16(21(24)25)12-14(19)2/h4-13H,3H2,1-2H3,(H,24,25). The van der Waals surface area contributed by atoms with E-state index in [1.165, 1.54) is 0 Å². The zero-order valence-electron chi connectivity index (χ0n) is 15.5. The number of carboxylic acids is 1. The Kier molecular flexibility index (Phi) is 5.69. The molecule has 0 aliphatic carbocycles. The summed E-state index contributed by atoms with van der Waals surface area (Å²) in [5.74, 6) is -0.131. The number of nitrogens with zero attached hydrogens (tertiary/aromatic N) is 1. The average Bonchev–Trinajstić information content (AvgIpc) is 3.15. The van der Waals surface area contributed by atoms with Gasteiger partial charge in [0.05, 0.1) is 29.6 Å². The molecule has 0 radical (unpaired) electrons. The number of furan rings is 1. The molecule has 0 unspecified atom stereocenters. The minimum absolute atomic E-state index is 0.237. The van der Waals surface area contributed by atoms with E-state index in [2.05, 4.69) is 4.99 Å². The molecule has 3 rings (SSSR count). The lowest BCUT2D eigenvalue weighted by atomic mass is 10.0. The normalized spacial score (nSPS) is 10.9. The number of carboxylic acid groups (broad SMARTS) is 1. The number of aromatic carboxylic acids is 1. The third kappa shape index (κ3) is 4.35. The van der Waals surface area contributed by atoms with Crippen LogP contribution in [0, 0.1) is 6.92 Å². The van der Waals surface area contributed by atoms with Gasteiger partial charge in [0.15, 0.2) is 0 Å². The highest BCUT2D eigenvalue weighted by Gasteiger charge is 2.10. The van der Waals surface area contributed by atoms with Crippen LogP contribution in [-0.4, -0.2) is 29.9 Å². The lowest BCUT2D eigenvalue weighted by molar-refractivity contribution is 0.0526. The van der Waals surface area contributed by atoms with Gasteiger partial charge in [0.1, 0.15) is 11.5 Å². The van der Waals surface area contributed by atoms with Crippen LogP contribution < -0.4 is 0 Å². The Morgan fingerprint density at radius 2 is 1.79 bits per heavy atom. The summed E-state index contributed by atoms with van der Waals surface area (Å²) in [6.45, 7) is 3.93. The number of ether oxygens (including phenoxy) is 1. The molecule has 0 aliphatic rings. The summed E-state index contributed by atoms with van der Waals surface area (Å²) in [5, 5.41) is 9.06. The second kappa shape index (κ2) is 8.35. The maximum absolute atomic E-state index is 11.7. The Morgan fingerprint density at radius 3 is 2.43 bits per heavy atom. The van der Waals surface area contributed by atoms with E-state index in [9.17, 15) is 9.59 Å². The van der Waals surface area contributed by atoms with Crippen molar-refractivity contribution in [2.24, 2.45) is 4.99 Å². The molecule has 0 amide bonds. The first-order valence-corrected chi connectivity index (χ1v) is 8.73. The Balaban J connectivity index is 1.74. The summed E-state index contributed by atoms with van der Waals surface area (Å²) in [7, 11) is 0. The predicted molar refractivity (Wildman–Crippen MR) is 105 cm³/mol. The molecule has 0 saturated carbocycles. The first-order chi connectivity index (χ1) is 13.5. The fourth-order valence-electron chi connectivity index (χ4n) is 2.68. The van der Waals surface area contributed by atoms with E-state index in [1.54, 1.807) is 61.7 Å². The van der Waals surface area contributed by atoms with Crippen LogP contribution in [0.3, 0.4) is 0 Å². The highest BCUT2D eigenvalue weighted by Crippen LogP contribution is 2.26. The number of carbonyl (C=O) groups excluding carboxylic acids is 1. The molecule has 0 aliphatic heterocycles. The molecule has 6 nitrogen and oxygen atoms in total. The maximum atomic E-state index is 11.7. The lowest BCUT2D eigenvalue weighted by Crippen LogP contribution is -2.03. The number of aryl methyl sites for hydroxylation is 1. The molecule has 1 aromatic heterocycles. The van der Waals surface area contributed by atoms with Crippen LogP contribution in [0.15, 0.2) is 64.0 Å². The molecule has 0 bridgehead atoms. The SMILES string of the molecule is CCOC(=O)c1ccc(N=Cc2ccc(-c3ccc(C(=O)O)cc3C)o2)cc1. The highest BCUT2D eigenvalue weighted by molar-refractivity contribution is 5.90. The molecule has 6 heteroatoms. The Hall–Kier alpha value is -3.67. The number of esters is 1. The molecule has 142 valence electrons. The van der Waals surface area contributed by atoms with Gasteiger partial charge < -0.3 is 14.3 Å².